The van der Waals surface area contributed by atoms with Crippen LogP contribution >= 0.6 is 11.8 Å². The molecule has 0 bridgehead atoms. The van der Waals surface area contributed by atoms with Crippen molar-refractivity contribution in [1.29, 1.82) is 0 Å². The van der Waals surface area contributed by atoms with Crippen LogP contribution in [0, 0.1) is 11.6 Å². The largest absolute Gasteiger partial charge is 0.338 e. The van der Waals surface area contributed by atoms with Gasteiger partial charge in [-0.15, -0.1) is 0 Å². The van der Waals surface area contributed by atoms with Crippen LogP contribution in [0.5, 0.6) is 0 Å². The molecule has 0 radical (unpaired) electrons. The monoisotopic (exact) mass is 383 g/mol. The summed E-state index contributed by atoms with van der Waals surface area (Å²) in [6.07, 6.45) is 0.602. The lowest BCUT2D eigenvalue weighted by molar-refractivity contribution is 0.0766. The molecule has 0 spiro atoms. The van der Waals surface area contributed by atoms with E-state index in [1.165, 1.54) is 12.1 Å². The van der Waals surface area contributed by atoms with Crippen LogP contribution in [0.3, 0.4) is 0 Å². The molecule has 3 aromatic carbocycles. The molecule has 1 atom stereocenters. The van der Waals surface area contributed by atoms with E-state index in [2.05, 4.69) is 0 Å². The molecular formula is C22H19F2NOS. The number of halogens is 2. The Morgan fingerprint density at radius 3 is 2.63 bits per heavy atom. The number of rotatable bonds is 2. The van der Waals surface area contributed by atoms with Crippen molar-refractivity contribution in [2.45, 2.75) is 11.7 Å². The zero-order valence-corrected chi connectivity index (χ0v) is 15.5. The van der Waals surface area contributed by atoms with E-state index in [0.717, 1.165) is 16.8 Å². The number of carbonyl (C=O) groups excluding carboxylic acids is 1. The van der Waals surface area contributed by atoms with Crippen LogP contribution in [-0.2, 0) is 0 Å². The lowest BCUT2D eigenvalue weighted by atomic mass is 10.1. The van der Waals surface area contributed by atoms with E-state index in [1.54, 1.807) is 11.8 Å². The van der Waals surface area contributed by atoms with E-state index in [4.69, 9.17) is 0 Å². The first-order valence-corrected chi connectivity index (χ1v) is 10.0. The van der Waals surface area contributed by atoms with Gasteiger partial charge in [0.25, 0.3) is 5.91 Å². The zero-order valence-electron chi connectivity index (χ0n) is 14.7. The molecule has 1 aliphatic heterocycles. The van der Waals surface area contributed by atoms with Crippen LogP contribution in [0.2, 0.25) is 0 Å². The van der Waals surface area contributed by atoms with Crippen LogP contribution in [0.25, 0.3) is 10.8 Å². The quantitative estimate of drug-likeness (QED) is 0.587. The summed E-state index contributed by atoms with van der Waals surface area (Å²) in [5.41, 5.74) is 1.05. The van der Waals surface area contributed by atoms with Gasteiger partial charge in [-0.2, -0.15) is 11.8 Å². The number of carbonyl (C=O) groups is 1. The van der Waals surface area contributed by atoms with Crippen molar-refractivity contribution in [3.63, 3.8) is 0 Å². The van der Waals surface area contributed by atoms with Crippen LogP contribution in [0.15, 0.2) is 60.7 Å². The molecule has 27 heavy (non-hydrogen) atoms. The first-order chi connectivity index (χ1) is 13.1. The summed E-state index contributed by atoms with van der Waals surface area (Å²) in [5, 5.41) is 1.99. The fraction of sp³-hybridized carbons (Fsp3) is 0.227. The summed E-state index contributed by atoms with van der Waals surface area (Å²) in [6.45, 7) is 1.13. The van der Waals surface area contributed by atoms with Crippen LogP contribution in [0.1, 0.15) is 27.6 Å². The van der Waals surface area contributed by atoms with Gasteiger partial charge in [0.05, 0.1) is 0 Å². The lowest BCUT2D eigenvalue weighted by Gasteiger charge is -2.21. The van der Waals surface area contributed by atoms with Crippen LogP contribution < -0.4 is 0 Å². The molecule has 3 aromatic rings. The van der Waals surface area contributed by atoms with Gasteiger partial charge >= 0.3 is 0 Å². The molecule has 5 heteroatoms. The first-order valence-electron chi connectivity index (χ1n) is 8.96. The lowest BCUT2D eigenvalue weighted by Crippen LogP contribution is -2.32. The van der Waals surface area contributed by atoms with Gasteiger partial charge in [-0.1, -0.05) is 30.3 Å². The number of amides is 1. The van der Waals surface area contributed by atoms with E-state index in [0.29, 0.717) is 36.4 Å². The van der Waals surface area contributed by atoms with E-state index >= 15 is 0 Å². The molecule has 1 heterocycles. The Morgan fingerprint density at radius 1 is 0.963 bits per heavy atom. The third-order valence-corrected chi connectivity index (χ3v) is 6.24. The minimum atomic E-state index is -0.430. The first kappa shape index (κ1) is 18.0. The molecular weight excluding hydrogens is 364 g/mol. The second-order valence-corrected chi connectivity index (χ2v) is 7.98. The standard InChI is InChI=1S/C22H19F2NOS/c23-18-7-8-20(24)19(14-18)21-9-10-25(11-12-27-21)22(26)17-6-5-15-3-1-2-4-16(15)13-17/h1-8,13-14,21H,9-12H2. The SMILES string of the molecule is O=C(c1ccc2ccccc2c1)N1CCSC(c2cc(F)ccc2F)CC1. The summed E-state index contributed by atoms with van der Waals surface area (Å²) in [6, 6.07) is 17.2. The van der Waals surface area contributed by atoms with Crippen molar-refractivity contribution in [3.8, 4) is 0 Å². The average Bonchev–Trinajstić information content (AvgIpc) is 2.95. The smallest absolute Gasteiger partial charge is 0.253 e. The van der Waals surface area contributed by atoms with Crippen molar-refractivity contribution in [3.05, 3.63) is 83.4 Å². The average molecular weight is 383 g/mol. The Balaban J connectivity index is 1.51. The van der Waals surface area contributed by atoms with E-state index in [9.17, 15) is 13.6 Å². The maximum absolute atomic E-state index is 14.1. The van der Waals surface area contributed by atoms with Gasteiger partial charge in [-0.3, -0.25) is 4.79 Å². The number of benzene rings is 3. The van der Waals surface area contributed by atoms with E-state index in [1.807, 2.05) is 47.4 Å². The number of nitrogens with zero attached hydrogens (tertiary/aromatic N) is 1. The van der Waals surface area contributed by atoms with Crippen molar-refractivity contribution in [2.75, 3.05) is 18.8 Å². The van der Waals surface area contributed by atoms with Gasteiger partial charge in [0.1, 0.15) is 11.6 Å². The van der Waals surface area contributed by atoms with Gasteiger partial charge in [-0.25, -0.2) is 8.78 Å². The fourth-order valence-electron chi connectivity index (χ4n) is 3.49. The van der Waals surface area contributed by atoms with Crippen molar-refractivity contribution >= 4 is 28.4 Å². The van der Waals surface area contributed by atoms with Crippen LogP contribution in [-0.4, -0.2) is 29.6 Å². The highest BCUT2D eigenvalue weighted by Crippen LogP contribution is 2.36. The van der Waals surface area contributed by atoms with Gasteiger partial charge in [0.15, 0.2) is 0 Å². The zero-order chi connectivity index (χ0) is 18.8. The second-order valence-electron chi connectivity index (χ2n) is 6.67. The topological polar surface area (TPSA) is 20.3 Å². The number of hydrogen-bond acceptors (Lipinski definition) is 2. The maximum Gasteiger partial charge on any atom is 0.253 e. The highest BCUT2D eigenvalue weighted by atomic mass is 32.2. The summed E-state index contributed by atoms with van der Waals surface area (Å²) < 4.78 is 27.6. The predicted molar refractivity (Wildman–Crippen MR) is 106 cm³/mol. The fourth-order valence-corrected chi connectivity index (χ4v) is 4.73. The van der Waals surface area contributed by atoms with Gasteiger partial charge in [0.2, 0.25) is 0 Å². The predicted octanol–water partition coefficient (Wildman–Crippen LogP) is 5.44. The summed E-state index contributed by atoms with van der Waals surface area (Å²) in [5.74, 6) is -0.134. The molecule has 2 nitrogen and oxygen atoms in total. The Hall–Kier alpha value is -2.40. The minimum absolute atomic E-state index is 0.0123. The molecule has 0 aliphatic carbocycles. The van der Waals surface area contributed by atoms with Gasteiger partial charge in [0, 0.05) is 35.2 Å². The summed E-state index contributed by atoms with van der Waals surface area (Å²) in [7, 11) is 0. The molecule has 0 saturated carbocycles. The molecule has 0 N–H and O–H groups in total. The Kier molecular flexibility index (Phi) is 5.12. The summed E-state index contributed by atoms with van der Waals surface area (Å²) >= 11 is 1.58. The Labute approximate surface area is 161 Å². The molecule has 1 unspecified atom stereocenters. The molecule has 4 rings (SSSR count). The maximum atomic E-state index is 14.1. The molecule has 1 amide bonds. The van der Waals surface area contributed by atoms with Crippen LogP contribution in [0.4, 0.5) is 8.78 Å². The van der Waals surface area contributed by atoms with Crippen molar-refractivity contribution < 1.29 is 13.6 Å². The van der Waals surface area contributed by atoms with E-state index in [-0.39, 0.29) is 17.0 Å². The molecule has 138 valence electrons. The third kappa shape index (κ3) is 3.83. The second kappa shape index (κ2) is 7.69. The molecule has 1 saturated heterocycles. The van der Waals surface area contributed by atoms with Gasteiger partial charge < -0.3 is 4.90 Å². The number of fused-ring (bicyclic) bond motifs is 1. The summed E-state index contributed by atoms with van der Waals surface area (Å²) in [4.78, 5) is 14.8. The highest BCUT2D eigenvalue weighted by Gasteiger charge is 2.25. The van der Waals surface area contributed by atoms with E-state index < -0.39 is 5.82 Å². The highest BCUT2D eigenvalue weighted by molar-refractivity contribution is 7.99. The normalized spacial score (nSPS) is 17.7. The third-order valence-electron chi connectivity index (χ3n) is 4.93. The molecule has 0 aromatic heterocycles. The van der Waals surface area contributed by atoms with Crippen molar-refractivity contribution in [1.82, 2.24) is 4.90 Å². The number of thioether (sulfide) groups is 1. The molecule has 1 aliphatic rings. The van der Waals surface area contributed by atoms with Crippen molar-refractivity contribution in [2.24, 2.45) is 0 Å². The Morgan fingerprint density at radius 2 is 1.78 bits per heavy atom. The molecule has 1 fully saturated rings. The van der Waals surface area contributed by atoms with Gasteiger partial charge in [-0.05, 0) is 47.5 Å². The minimum Gasteiger partial charge on any atom is -0.338 e. The number of hydrogen-bond donors (Lipinski definition) is 0. The Bertz CT molecular complexity index is 991.